The van der Waals surface area contributed by atoms with Crippen molar-refractivity contribution in [2.75, 3.05) is 11.6 Å². The first-order valence-electron chi connectivity index (χ1n) is 6.08. The number of aromatic nitrogens is 2. The summed E-state index contributed by atoms with van der Waals surface area (Å²) in [6, 6.07) is 15.6. The minimum absolute atomic E-state index is 0. The smallest absolute Gasteiger partial charge is 0.173 e. The summed E-state index contributed by atoms with van der Waals surface area (Å²) < 4.78 is 2.11. The molecule has 21 heavy (non-hydrogen) atoms. The summed E-state index contributed by atoms with van der Waals surface area (Å²) in [6.45, 7) is 0. The zero-order valence-corrected chi connectivity index (χ0v) is 15.1. The van der Waals surface area contributed by atoms with E-state index in [0.717, 1.165) is 27.6 Å². The van der Waals surface area contributed by atoms with E-state index in [9.17, 15) is 4.79 Å². The van der Waals surface area contributed by atoms with Crippen LogP contribution in [0.2, 0.25) is 0 Å². The molecule has 1 heterocycles. The molecule has 103 valence electrons. The molecule has 0 atom stereocenters. The maximum Gasteiger partial charge on any atom is 0.173 e. The Balaban J connectivity index is 0.00000161. The van der Waals surface area contributed by atoms with Gasteiger partial charge in [0.2, 0.25) is 0 Å². The first kappa shape index (κ1) is 16.2. The maximum absolute atomic E-state index is 10.3. The zero-order valence-electron chi connectivity index (χ0n) is 11.4. The van der Waals surface area contributed by atoms with Crippen LogP contribution in [0.1, 0.15) is 0 Å². The molecular formula is C15H12N3OSY-. The average molecular weight is 371 g/mol. The Morgan fingerprint density at radius 2 is 1.86 bits per heavy atom. The zero-order chi connectivity index (χ0) is 13.9. The number of hydrogen-bond acceptors (Lipinski definition) is 3. The Morgan fingerprint density at radius 3 is 2.52 bits per heavy atom. The van der Waals surface area contributed by atoms with Gasteiger partial charge in [-0.25, -0.2) is 4.98 Å². The Hall–Kier alpha value is -1.17. The van der Waals surface area contributed by atoms with Gasteiger partial charge in [0.25, 0.3) is 0 Å². The molecule has 0 spiro atoms. The van der Waals surface area contributed by atoms with Crippen molar-refractivity contribution in [3.05, 3.63) is 48.5 Å². The quantitative estimate of drug-likeness (QED) is 0.435. The second-order valence-corrected chi connectivity index (χ2v) is 4.97. The molecule has 0 fully saturated rings. The summed E-state index contributed by atoms with van der Waals surface area (Å²) in [6.07, 6.45) is 3.68. The second kappa shape index (κ2) is 7.20. The number of amides is 1. The van der Waals surface area contributed by atoms with E-state index in [2.05, 4.69) is 14.9 Å². The third-order valence-corrected chi connectivity index (χ3v) is 3.67. The van der Waals surface area contributed by atoms with Crippen LogP contribution in [0.25, 0.3) is 16.7 Å². The van der Waals surface area contributed by atoms with E-state index in [1.807, 2.05) is 54.8 Å². The van der Waals surface area contributed by atoms with Crippen LogP contribution in [-0.4, -0.2) is 22.2 Å². The first-order valence-corrected chi connectivity index (χ1v) is 7.31. The van der Waals surface area contributed by atoms with Crippen LogP contribution in [0.5, 0.6) is 0 Å². The van der Waals surface area contributed by atoms with E-state index in [-0.39, 0.29) is 32.7 Å². The van der Waals surface area contributed by atoms with Crippen LogP contribution in [0, 0.1) is 0 Å². The van der Waals surface area contributed by atoms with Crippen LogP contribution in [-0.2, 0) is 37.5 Å². The largest absolute Gasteiger partial charge is 0.490 e. The molecule has 0 aliphatic heterocycles. The van der Waals surface area contributed by atoms with Gasteiger partial charge in [0.15, 0.2) is 5.16 Å². The Morgan fingerprint density at radius 1 is 1.14 bits per heavy atom. The Kier molecular flexibility index (Phi) is 5.56. The molecule has 3 aromatic rings. The summed E-state index contributed by atoms with van der Waals surface area (Å²) >= 11 is 1.60. The molecule has 0 saturated heterocycles. The summed E-state index contributed by atoms with van der Waals surface area (Å²) in [4.78, 5) is 14.9. The monoisotopic (exact) mass is 371 g/mol. The molecule has 0 bridgehead atoms. The van der Waals surface area contributed by atoms with Gasteiger partial charge in [-0.05, 0) is 18.4 Å². The number of nitrogens with zero attached hydrogens (tertiary/aromatic N) is 2. The van der Waals surface area contributed by atoms with E-state index in [1.165, 1.54) is 0 Å². The van der Waals surface area contributed by atoms with Crippen molar-refractivity contribution in [2.45, 2.75) is 5.16 Å². The van der Waals surface area contributed by atoms with Gasteiger partial charge in [0, 0.05) is 38.4 Å². The maximum atomic E-state index is 10.3. The number of carbonyl (C=O) groups excluding carboxylic acids is 1. The minimum Gasteiger partial charge on any atom is -0.490 e. The van der Waals surface area contributed by atoms with Crippen molar-refractivity contribution in [3.8, 4) is 5.69 Å². The predicted octanol–water partition coefficient (Wildman–Crippen LogP) is 3.22. The average Bonchev–Trinajstić information content (AvgIpc) is 2.87. The molecular weight excluding hydrogens is 359 g/mol. The van der Waals surface area contributed by atoms with Gasteiger partial charge in [-0.15, -0.1) is 17.8 Å². The van der Waals surface area contributed by atoms with Crippen molar-refractivity contribution in [2.24, 2.45) is 0 Å². The molecule has 4 nitrogen and oxygen atoms in total. The topological polar surface area (TPSA) is 46.9 Å². The fourth-order valence-electron chi connectivity index (χ4n) is 2.14. The molecule has 1 N–H and O–H groups in total. The second-order valence-electron chi connectivity index (χ2n) is 4.20. The van der Waals surface area contributed by atoms with Gasteiger partial charge in [0.1, 0.15) is 0 Å². The normalized spacial score (nSPS) is 10.1. The number of thioether (sulfide) groups is 1. The van der Waals surface area contributed by atoms with E-state index < -0.39 is 0 Å². The van der Waals surface area contributed by atoms with E-state index in [1.54, 1.807) is 18.2 Å². The first-order chi connectivity index (χ1) is 9.83. The summed E-state index contributed by atoms with van der Waals surface area (Å²) in [5.41, 5.74) is 3.78. The standard InChI is InChI=1S/C15H12N3OS.Y/c1-20-15-17-13-4-2-3-5-14(13)18(15)12-8-6-11(7-9-12)16-10-19;/h2-9H,1H3,(H,16,19);/q-1;. The third kappa shape index (κ3) is 3.20. The van der Waals surface area contributed by atoms with Crippen LogP contribution in [0.3, 0.4) is 0 Å². The molecule has 6 heteroatoms. The molecule has 0 aliphatic rings. The minimum atomic E-state index is 0. The fraction of sp³-hybridized carbons (Fsp3) is 0.0667. The summed E-state index contributed by atoms with van der Waals surface area (Å²) in [5.74, 6) is 0. The van der Waals surface area contributed by atoms with Crippen molar-refractivity contribution < 1.29 is 37.5 Å². The number of fused-ring (bicyclic) bond motifs is 1. The molecule has 1 radical (unpaired) electrons. The number of imidazole rings is 1. The summed E-state index contributed by atoms with van der Waals surface area (Å²) in [5, 5.41) is 3.45. The number of rotatable bonds is 4. The summed E-state index contributed by atoms with van der Waals surface area (Å²) in [7, 11) is 0. The third-order valence-electron chi connectivity index (χ3n) is 3.03. The van der Waals surface area contributed by atoms with Gasteiger partial charge < -0.3 is 10.1 Å². The molecule has 1 amide bonds. The molecule has 0 saturated carbocycles. The molecule has 1 aromatic heterocycles. The number of benzene rings is 2. The van der Waals surface area contributed by atoms with E-state index in [4.69, 9.17) is 0 Å². The van der Waals surface area contributed by atoms with Crippen LogP contribution in [0.15, 0.2) is 53.7 Å². The number of para-hydroxylation sites is 2. The van der Waals surface area contributed by atoms with Crippen LogP contribution >= 0.6 is 11.8 Å². The van der Waals surface area contributed by atoms with Gasteiger partial charge >= 0.3 is 0 Å². The fourth-order valence-corrected chi connectivity index (χ4v) is 2.72. The van der Waals surface area contributed by atoms with Gasteiger partial charge in [-0.3, -0.25) is 4.57 Å². The van der Waals surface area contributed by atoms with Crippen molar-refractivity contribution >= 4 is 34.9 Å². The molecule has 0 unspecified atom stereocenters. The van der Waals surface area contributed by atoms with Crippen LogP contribution in [0.4, 0.5) is 5.69 Å². The molecule has 2 aromatic carbocycles. The van der Waals surface area contributed by atoms with E-state index >= 15 is 0 Å². The Labute approximate surface area is 152 Å². The molecule has 0 aliphatic carbocycles. The van der Waals surface area contributed by atoms with Crippen molar-refractivity contribution in [1.29, 1.82) is 0 Å². The predicted molar refractivity (Wildman–Crippen MR) is 82.2 cm³/mol. The van der Waals surface area contributed by atoms with Gasteiger partial charge in [0.05, 0.1) is 17.4 Å². The van der Waals surface area contributed by atoms with Crippen LogP contribution < -0.4 is 5.32 Å². The van der Waals surface area contributed by atoms with Crippen molar-refractivity contribution in [1.82, 2.24) is 9.55 Å². The van der Waals surface area contributed by atoms with E-state index in [0.29, 0.717) is 0 Å². The Bertz CT molecular complexity index is 755. The molecule has 3 rings (SSSR count). The van der Waals surface area contributed by atoms with Gasteiger partial charge in [-0.1, -0.05) is 36.0 Å². The van der Waals surface area contributed by atoms with Crippen molar-refractivity contribution in [3.63, 3.8) is 0 Å². The van der Waals surface area contributed by atoms with Gasteiger partial charge in [-0.2, -0.15) is 0 Å². The number of hydrogen-bond donors (Lipinski definition) is 1. The number of nitrogens with one attached hydrogen (secondary N) is 1. The SMILES string of the molecule is CSc1nc2ccccc2n1-c1ccc(N[C-]=O)cc1.[Y]. The number of anilines is 1.